The summed E-state index contributed by atoms with van der Waals surface area (Å²) in [6, 6.07) is 6.34. The van der Waals surface area contributed by atoms with Crippen LogP contribution >= 0.6 is 0 Å². The Morgan fingerprint density at radius 1 is 1.47 bits per heavy atom. The first-order valence-electron chi connectivity index (χ1n) is 5.82. The maximum atomic E-state index is 11.9. The molecule has 0 bridgehead atoms. The zero-order valence-corrected chi connectivity index (χ0v) is 10.6. The predicted molar refractivity (Wildman–Crippen MR) is 67.6 cm³/mol. The van der Waals surface area contributed by atoms with Gasteiger partial charge in [0.15, 0.2) is 0 Å². The Morgan fingerprint density at radius 2 is 2.12 bits per heavy atom. The molecule has 1 aromatic carbocycles. The molecular weight excluding hydrogens is 216 g/mol. The summed E-state index contributed by atoms with van der Waals surface area (Å²) in [4.78, 5) is 13.6. The zero-order valence-electron chi connectivity index (χ0n) is 10.6. The molecule has 4 heteroatoms. The van der Waals surface area contributed by atoms with E-state index in [1.54, 1.807) is 30.0 Å². The molecule has 4 nitrogen and oxygen atoms in total. The van der Waals surface area contributed by atoms with E-state index in [-0.39, 0.29) is 17.7 Å². The van der Waals surface area contributed by atoms with Crippen LogP contribution in [0, 0.1) is 0 Å². The molecule has 0 aromatic heterocycles. The fourth-order valence-electron chi connectivity index (χ4n) is 1.85. The largest absolute Gasteiger partial charge is 0.508 e. The van der Waals surface area contributed by atoms with Gasteiger partial charge in [-0.05, 0) is 38.5 Å². The average molecular weight is 236 g/mol. The summed E-state index contributed by atoms with van der Waals surface area (Å²) in [6.45, 7) is 6.12. The minimum absolute atomic E-state index is 0.0802. The van der Waals surface area contributed by atoms with Gasteiger partial charge in [0.1, 0.15) is 5.75 Å². The lowest BCUT2D eigenvalue weighted by atomic mass is 10.1. The summed E-state index contributed by atoms with van der Waals surface area (Å²) in [5, 5.41) is 9.44. The normalized spacial score (nSPS) is 14.1. The van der Waals surface area contributed by atoms with E-state index in [2.05, 4.69) is 0 Å². The Bertz CT molecular complexity index is 391. The van der Waals surface area contributed by atoms with Gasteiger partial charge in [0.2, 0.25) is 5.91 Å². The third-order valence-corrected chi connectivity index (χ3v) is 2.83. The van der Waals surface area contributed by atoms with Crippen molar-refractivity contribution in [2.45, 2.75) is 32.9 Å². The fraction of sp³-hybridized carbons (Fsp3) is 0.462. The molecule has 0 heterocycles. The first-order valence-corrected chi connectivity index (χ1v) is 5.82. The van der Waals surface area contributed by atoms with Crippen LogP contribution in [0.5, 0.6) is 5.75 Å². The highest BCUT2D eigenvalue weighted by molar-refractivity contribution is 5.81. The van der Waals surface area contributed by atoms with Crippen LogP contribution in [0.1, 0.15) is 32.4 Å². The number of rotatable bonds is 4. The molecule has 0 spiro atoms. The number of carbonyl (C=O) groups is 1. The monoisotopic (exact) mass is 236 g/mol. The lowest BCUT2D eigenvalue weighted by Crippen LogP contribution is -2.43. The van der Waals surface area contributed by atoms with E-state index in [0.717, 1.165) is 5.56 Å². The molecule has 0 saturated heterocycles. The summed E-state index contributed by atoms with van der Waals surface area (Å²) < 4.78 is 0. The van der Waals surface area contributed by atoms with E-state index in [0.29, 0.717) is 6.54 Å². The molecule has 1 amide bonds. The number of hydrogen-bond donors (Lipinski definition) is 2. The van der Waals surface area contributed by atoms with E-state index in [1.165, 1.54) is 0 Å². The van der Waals surface area contributed by atoms with Crippen molar-refractivity contribution >= 4 is 5.91 Å². The van der Waals surface area contributed by atoms with Crippen LogP contribution in [-0.2, 0) is 4.79 Å². The summed E-state index contributed by atoms with van der Waals surface area (Å²) in [6.07, 6.45) is 0. The van der Waals surface area contributed by atoms with Crippen LogP contribution in [-0.4, -0.2) is 28.5 Å². The van der Waals surface area contributed by atoms with Gasteiger partial charge in [0, 0.05) is 6.54 Å². The minimum atomic E-state index is -0.505. The Kier molecular flexibility index (Phi) is 4.52. The molecule has 0 aliphatic carbocycles. The minimum Gasteiger partial charge on any atom is -0.508 e. The lowest BCUT2D eigenvalue weighted by Gasteiger charge is -2.29. The van der Waals surface area contributed by atoms with E-state index >= 15 is 0 Å². The Morgan fingerprint density at radius 3 is 2.59 bits per heavy atom. The number of amides is 1. The maximum absolute atomic E-state index is 11.9. The lowest BCUT2D eigenvalue weighted by molar-refractivity contribution is -0.134. The molecule has 0 saturated carbocycles. The molecule has 2 atom stereocenters. The predicted octanol–water partition coefficient (Wildman–Crippen LogP) is 1.65. The van der Waals surface area contributed by atoms with Gasteiger partial charge in [-0.3, -0.25) is 4.79 Å². The van der Waals surface area contributed by atoms with Gasteiger partial charge in [-0.1, -0.05) is 12.1 Å². The Hall–Kier alpha value is -1.55. The van der Waals surface area contributed by atoms with Crippen LogP contribution in [0.3, 0.4) is 0 Å². The molecule has 1 aromatic rings. The number of phenols is 1. The molecular formula is C13H20N2O2. The number of nitrogens with two attached hydrogens (primary N) is 1. The van der Waals surface area contributed by atoms with Gasteiger partial charge >= 0.3 is 0 Å². The number of benzene rings is 1. The second-order valence-electron chi connectivity index (χ2n) is 4.18. The van der Waals surface area contributed by atoms with Crippen LogP contribution < -0.4 is 5.73 Å². The van der Waals surface area contributed by atoms with Gasteiger partial charge in [0.25, 0.3) is 0 Å². The second-order valence-corrected chi connectivity index (χ2v) is 4.18. The Labute approximate surface area is 102 Å². The smallest absolute Gasteiger partial charge is 0.239 e. The molecule has 3 N–H and O–H groups in total. The van der Waals surface area contributed by atoms with Gasteiger partial charge in [-0.2, -0.15) is 0 Å². The number of carbonyl (C=O) groups excluding carboxylic acids is 1. The van der Waals surface area contributed by atoms with Crippen LogP contribution in [0.2, 0.25) is 0 Å². The molecule has 17 heavy (non-hydrogen) atoms. The van der Waals surface area contributed by atoms with Gasteiger partial charge in [-0.25, -0.2) is 0 Å². The van der Waals surface area contributed by atoms with Crippen molar-refractivity contribution in [3.05, 3.63) is 29.8 Å². The van der Waals surface area contributed by atoms with Crippen molar-refractivity contribution in [1.29, 1.82) is 0 Å². The molecule has 0 aliphatic rings. The highest BCUT2D eigenvalue weighted by Crippen LogP contribution is 2.23. The van der Waals surface area contributed by atoms with Crippen molar-refractivity contribution in [3.63, 3.8) is 0 Å². The number of nitrogens with zero attached hydrogens (tertiary/aromatic N) is 1. The van der Waals surface area contributed by atoms with Crippen molar-refractivity contribution in [2.75, 3.05) is 6.54 Å². The standard InChI is InChI=1S/C13H20N2O2/c1-4-15(13(17)9(2)14)10(3)11-6-5-7-12(16)8-11/h5-10,16H,4,14H2,1-3H3/t9-,10?/m1/s1. The maximum Gasteiger partial charge on any atom is 0.239 e. The number of phenolic OH excluding ortho intramolecular Hbond substituents is 1. The summed E-state index contributed by atoms with van der Waals surface area (Å²) >= 11 is 0. The second kappa shape index (κ2) is 5.68. The van der Waals surface area contributed by atoms with Gasteiger partial charge < -0.3 is 15.7 Å². The molecule has 1 rings (SSSR count). The molecule has 0 aliphatic heterocycles. The number of hydrogen-bond acceptors (Lipinski definition) is 3. The summed E-state index contributed by atoms with van der Waals surface area (Å²) in [5.41, 5.74) is 6.52. The highest BCUT2D eigenvalue weighted by atomic mass is 16.3. The van der Waals surface area contributed by atoms with Gasteiger partial charge in [-0.15, -0.1) is 0 Å². The topological polar surface area (TPSA) is 66.6 Å². The van der Waals surface area contributed by atoms with Gasteiger partial charge in [0.05, 0.1) is 12.1 Å². The number of likely N-dealkylation sites (N-methyl/N-ethyl adjacent to an activating group) is 1. The van der Waals surface area contributed by atoms with E-state index in [4.69, 9.17) is 5.73 Å². The van der Waals surface area contributed by atoms with Crippen molar-refractivity contribution < 1.29 is 9.90 Å². The highest BCUT2D eigenvalue weighted by Gasteiger charge is 2.22. The quantitative estimate of drug-likeness (QED) is 0.835. The summed E-state index contributed by atoms with van der Waals surface area (Å²) in [5.74, 6) is 0.127. The van der Waals surface area contributed by atoms with E-state index in [1.807, 2.05) is 19.9 Å². The number of aromatic hydroxyl groups is 1. The molecule has 1 unspecified atom stereocenters. The first kappa shape index (κ1) is 13.5. The fourth-order valence-corrected chi connectivity index (χ4v) is 1.85. The average Bonchev–Trinajstić information content (AvgIpc) is 2.29. The van der Waals surface area contributed by atoms with Crippen molar-refractivity contribution in [3.8, 4) is 5.75 Å². The Balaban J connectivity index is 2.93. The van der Waals surface area contributed by atoms with Crippen LogP contribution in [0.4, 0.5) is 0 Å². The van der Waals surface area contributed by atoms with Crippen molar-refractivity contribution in [2.24, 2.45) is 5.73 Å². The van der Waals surface area contributed by atoms with E-state index in [9.17, 15) is 9.90 Å². The van der Waals surface area contributed by atoms with Crippen molar-refractivity contribution in [1.82, 2.24) is 4.90 Å². The first-order chi connectivity index (χ1) is 7.97. The van der Waals surface area contributed by atoms with E-state index < -0.39 is 6.04 Å². The van der Waals surface area contributed by atoms with Crippen LogP contribution in [0.25, 0.3) is 0 Å². The molecule has 0 radical (unpaired) electrons. The SMILES string of the molecule is CCN(C(=O)[C@@H](C)N)C(C)c1cccc(O)c1. The summed E-state index contributed by atoms with van der Waals surface area (Å²) in [7, 11) is 0. The molecule has 0 fully saturated rings. The molecule has 94 valence electrons. The third kappa shape index (κ3) is 3.20. The third-order valence-electron chi connectivity index (χ3n) is 2.83. The van der Waals surface area contributed by atoms with Crippen LogP contribution in [0.15, 0.2) is 24.3 Å². The zero-order chi connectivity index (χ0) is 13.0.